The van der Waals surface area contributed by atoms with E-state index in [9.17, 15) is 0 Å². The van der Waals surface area contributed by atoms with Crippen LogP contribution in [0.1, 0.15) is 26.7 Å². The fourth-order valence-electron chi connectivity index (χ4n) is 1.52. The van der Waals surface area contributed by atoms with Crippen molar-refractivity contribution in [1.29, 1.82) is 0 Å². The van der Waals surface area contributed by atoms with E-state index in [2.05, 4.69) is 11.5 Å². The van der Waals surface area contributed by atoms with Gasteiger partial charge in [0.25, 0.3) is 0 Å². The van der Waals surface area contributed by atoms with Crippen LogP contribution in [-0.4, -0.2) is 30.5 Å². The summed E-state index contributed by atoms with van der Waals surface area (Å²) in [7, 11) is 0. The summed E-state index contributed by atoms with van der Waals surface area (Å²) in [6.07, 6.45) is 4.10. The molecule has 0 aromatic carbocycles. The Balaban J connectivity index is 2.63. The molecule has 0 amide bonds. The van der Waals surface area contributed by atoms with Gasteiger partial charge in [-0.25, -0.2) is 4.58 Å². The summed E-state index contributed by atoms with van der Waals surface area (Å²) >= 11 is 0. The van der Waals surface area contributed by atoms with Crippen LogP contribution in [0.15, 0.2) is 11.5 Å². The van der Waals surface area contributed by atoms with E-state index >= 15 is 0 Å². The summed E-state index contributed by atoms with van der Waals surface area (Å²) in [4.78, 5) is 0. The van der Waals surface area contributed by atoms with Gasteiger partial charge in [-0.05, 0) is 6.92 Å². The van der Waals surface area contributed by atoms with Crippen LogP contribution in [0.4, 0.5) is 0 Å². The number of nitrogens with two attached hydrogens (primary N) is 1. The van der Waals surface area contributed by atoms with Crippen LogP contribution in [0.5, 0.6) is 0 Å². The molecule has 3 nitrogen and oxygen atoms in total. The van der Waals surface area contributed by atoms with Gasteiger partial charge in [-0.3, -0.25) is 0 Å². The fourth-order valence-corrected chi connectivity index (χ4v) is 1.52. The van der Waals surface area contributed by atoms with E-state index in [0.717, 1.165) is 37.4 Å². The maximum absolute atomic E-state index is 5.84. The van der Waals surface area contributed by atoms with Crippen molar-refractivity contribution < 1.29 is 9.31 Å². The zero-order chi connectivity index (χ0) is 9.68. The molecule has 13 heavy (non-hydrogen) atoms. The zero-order valence-corrected chi connectivity index (χ0v) is 8.55. The van der Waals surface area contributed by atoms with Crippen molar-refractivity contribution in [1.82, 2.24) is 0 Å². The first kappa shape index (κ1) is 10.1. The van der Waals surface area contributed by atoms with Gasteiger partial charge in [0, 0.05) is 6.42 Å². The monoisotopic (exact) mass is 183 g/mol. The Hall–Kier alpha value is -0.990. The van der Waals surface area contributed by atoms with Crippen molar-refractivity contribution in [3.63, 3.8) is 0 Å². The smallest absolute Gasteiger partial charge is 0.190 e. The summed E-state index contributed by atoms with van der Waals surface area (Å²) in [6, 6.07) is 0. The molecule has 0 fully saturated rings. The lowest BCUT2D eigenvalue weighted by Crippen LogP contribution is -2.26. The van der Waals surface area contributed by atoms with E-state index in [1.807, 2.05) is 13.1 Å². The number of allylic oxidation sites excluding steroid dienone is 1. The van der Waals surface area contributed by atoms with Gasteiger partial charge in [0.1, 0.15) is 24.5 Å². The second-order valence-corrected chi connectivity index (χ2v) is 3.23. The second kappa shape index (κ2) is 4.90. The summed E-state index contributed by atoms with van der Waals surface area (Å²) in [5.74, 6) is 0.954. The Morgan fingerprint density at radius 2 is 2.31 bits per heavy atom. The predicted octanol–water partition coefficient (Wildman–Crippen LogP) is 1.09. The topological polar surface area (TPSA) is 38.3 Å². The van der Waals surface area contributed by atoms with Crippen molar-refractivity contribution in [3.05, 3.63) is 11.5 Å². The highest BCUT2D eigenvalue weighted by Crippen LogP contribution is 2.10. The van der Waals surface area contributed by atoms with Crippen molar-refractivity contribution in [2.75, 3.05) is 19.7 Å². The highest BCUT2D eigenvalue weighted by atomic mass is 16.5. The average molecular weight is 183 g/mol. The molecule has 0 spiro atoms. The molecule has 0 saturated heterocycles. The van der Waals surface area contributed by atoms with Crippen LogP contribution in [0.2, 0.25) is 0 Å². The van der Waals surface area contributed by atoms with E-state index in [0.29, 0.717) is 6.61 Å². The van der Waals surface area contributed by atoms with E-state index < -0.39 is 0 Å². The molecule has 2 N–H and O–H groups in total. The van der Waals surface area contributed by atoms with Gasteiger partial charge in [-0.2, -0.15) is 0 Å². The summed E-state index contributed by atoms with van der Waals surface area (Å²) in [5.41, 5.74) is 6.64. The molecule has 3 heteroatoms. The highest BCUT2D eigenvalue weighted by Gasteiger charge is 2.16. The van der Waals surface area contributed by atoms with Gasteiger partial charge in [0.2, 0.25) is 0 Å². The molecular formula is C10H19N2O+. The number of ether oxygens (including phenoxy) is 1. The molecule has 0 aliphatic carbocycles. The maximum Gasteiger partial charge on any atom is 0.190 e. The van der Waals surface area contributed by atoms with Crippen molar-refractivity contribution in [2.24, 2.45) is 5.73 Å². The molecule has 0 atom stereocenters. The minimum atomic E-state index is 0.706. The minimum Gasteiger partial charge on any atom is -0.496 e. The van der Waals surface area contributed by atoms with Crippen LogP contribution in [-0.2, 0) is 4.74 Å². The first-order chi connectivity index (χ1) is 6.27. The molecule has 74 valence electrons. The molecule has 1 rings (SSSR count). The second-order valence-electron chi connectivity index (χ2n) is 3.23. The first-order valence-corrected chi connectivity index (χ1v) is 4.98. The molecule has 0 aromatic rings. The summed E-state index contributed by atoms with van der Waals surface area (Å²) < 4.78 is 7.67. The number of nitrogens with zero attached hydrogens (tertiary/aromatic N) is 1. The lowest BCUT2D eigenvalue weighted by atomic mass is 10.2. The minimum absolute atomic E-state index is 0.706. The molecule has 0 bridgehead atoms. The SMILES string of the molecule is CCC[N+]1=CC(N)=C(OCC)CC1. The van der Waals surface area contributed by atoms with Crippen molar-refractivity contribution in [2.45, 2.75) is 26.7 Å². The Morgan fingerprint density at radius 3 is 2.85 bits per heavy atom. The van der Waals surface area contributed by atoms with Crippen LogP contribution in [0, 0.1) is 0 Å². The van der Waals surface area contributed by atoms with Crippen LogP contribution in [0.3, 0.4) is 0 Å². The van der Waals surface area contributed by atoms with Crippen molar-refractivity contribution in [3.8, 4) is 0 Å². The Labute approximate surface area is 79.9 Å². The normalized spacial score (nSPS) is 17.2. The van der Waals surface area contributed by atoms with Gasteiger partial charge in [0.15, 0.2) is 6.21 Å². The largest absolute Gasteiger partial charge is 0.496 e. The van der Waals surface area contributed by atoms with Crippen LogP contribution < -0.4 is 5.73 Å². The molecule has 1 heterocycles. The van der Waals surface area contributed by atoms with Gasteiger partial charge < -0.3 is 10.5 Å². The Morgan fingerprint density at radius 1 is 1.54 bits per heavy atom. The quantitative estimate of drug-likeness (QED) is 0.663. The lowest BCUT2D eigenvalue weighted by molar-refractivity contribution is -0.524. The van der Waals surface area contributed by atoms with Gasteiger partial charge >= 0.3 is 0 Å². The average Bonchev–Trinajstić information content (AvgIpc) is 2.10. The van der Waals surface area contributed by atoms with E-state index in [1.165, 1.54) is 0 Å². The lowest BCUT2D eigenvalue weighted by Gasteiger charge is -2.13. The maximum atomic E-state index is 5.84. The molecule has 1 aliphatic heterocycles. The third kappa shape index (κ3) is 2.76. The number of rotatable bonds is 4. The predicted molar refractivity (Wildman–Crippen MR) is 53.8 cm³/mol. The molecule has 0 aromatic heterocycles. The molecule has 0 saturated carbocycles. The first-order valence-electron chi connectivity index (χ1n) is 4.98. The molecular weight excluding hydrogens is 164 g/mol. The van der Waals surface area contributed by atoms with Gasteiger partial charge in [-0.15, -0.1) is 0 Å². The third-order valence-corrected chi connectivity index (χ3v) is 2.10. The fraction of sp³-hybridized carbons (Fsp3) is 0.700. The van der Waals surface area contributed by atoms with E-state index in [-0.39, 0.29) is 0 Å². The van der Waals surface area contributed by atoms with Crippen LogP contribution >= 0.6 is 0 Å². The Bertz CT molecular complexity index is 231. The standard InChI is InChI=1S/C10H19N2O/c1-3-6-12-7-5-10(13-4-2)9(11)8-12/h8H,3-7,11H2,1-2H3/q+1. The summed E-state index contributed by atoms with van der Waals surface area (Å²) in [5, 5.41) is 0. The number of hydrogen-bond donors (Lipinski definition) is 1. The van der Waals surface area contributed by atoms with Crippen molar-refractivity contribution >= 4 is 6.21 Å². The van der Waals surface area contributed by atoms with Gasteiger partial charge in [0.05, 0.1) is 13.0 Å². The zero-order valence-electron chi connectivity index (χ0n) is 8.55. The molecule has 0 radical (unpaired) electrons. The number of hydrogen-bond acceptors (Lipinski definition) is 2. The molecule has 1 aliphatic rings. The van der Waals surface area contributed by atoms with Gasteiger partial charge in [-0.1, -0.05) is 6.92 Å². The summed E-state index contributed by atoms with van der Waals surface area (Å²) in [6.45, 7) is 6.98. The van der Waals surface area contributed by atoms with Crippen LogP contribution in [0.25, 0.3) is 0 Å². The third-order valence-electron chi connectivity index (χ3n) is 2.10. The Kier molecular flexibility index (Phi) is 3.80. The highest BCUT2D eigenvalue weighted by molar-refractivity contribution is 5.74. The van der Waals surface area contributed by atoms with E-state index in [1.54, 1.807) is 0 Å². The van der Waals surface area contributed by atoms with E-state index in [4.69, 9.17) is 10.5 Å². The molecule has 0 unspecified atom stereocenters.